The number of aryl methyl sites for hydroxylation is 1. The summed E-state index contributed by atoms with van der Waals surface area (Å²) in [7, 11) is 0. The zero-order valence-electron chi connectivity index (χ0n) is 11.0. The lowest BCUT2D eigenvalue weighted by Gasteiger charge is -2.02. The van der Waals surface area contributed by atoms with Crippen molar-refractivity contribution in [2.45, 2.75) is 12.8 Å². The Morgan fingerprint density at radius 2 is 2.05 bits per heavy atom. The van der Waals surface area contributed by atoms with Gasteiger partial charge in [0.2, 0.25) is 0 Å². The average molecular weight is 250 g/mol. The van der Waals surface area contributed by atoms with Crippen LogP contribution < -0.4 is 5.32 Å². The highest BCUT2D eigenvalue weighted by Crippen LogP contribution is 2.11. The topological polar surface area (TPSA) is 24.4 Å². The zero-order valence-corrected chi connectivity index (χ0v) is 11.0. The van der Waals surface area contributed by atoms with E-state index >= 15 is 0 Å². The monoisotopic (exact) mass is 250 g/mol. The first kappa shape index (κ1) is 13.1. The average Bonchev–Trinajstić information content (AvgIpc) is 2.86. The van der Waals surface area contributed by atoms with Gasteiger partial charge in [0.15, 0.2) is 0 Å². The fraction of sp³-hybridized carbons (Fsp3) is 0.118. The lowest BCUT2D eigenvalue weighted by molar-refractivity contribution is 0.961. The van der Waals surface area contributed by atoms with Crippen molar-refractivity contribution >= 4 is 5.84 Å². The van der Waals surface area contributed by atoms with E-state index in [1.165, 1.54) is 5.56 Å². The number of hydrogen-bond donors (Lipinski definition) is 1. The first-order valence-electron chi connectivity index (χ1n) is 6.35. The van der Waals surface area contributed by atoms with Crippen LogP contribution in [0, 0.1) is 0 Å². The Labute approximate surface area is 114 Å². The molecule has 0 aliphatic carbocycles. The fourth-order valence-corrected chi connectivity index (χ4v) is 1.81. The van der Waals surface area contributed by atoms with Crippen LogP contribution >= 0.6 is 0 Å². The molecule has 2 nitrogen and oxygen atoms in total. The first-order chi connectivity index (χ1) is 9.29. The third-order valence-electron chi connectivity index (χ3n) is 2.98. The van der Waals surface area contributed by atoms with Crippen LogP contribution in [0.3, 0.4) is 0 Å². The molecule has 1 aliphatic rings. The normalized spacial score (nSPS) is 16.7. The molecule has 1 N–H and O–H groups in total. The molecule has 0 atom stereocenters. The Morgan fingerprint density at radius 1 is 1.26 bits per heavy atom. The second-order valence-corrected chi connectivity index (χ2v) is 4.37. The predicted molar refractivity (Wildman–Crippen MR) is 81.9 cm³/mol. The van der Waals surface area contributed by atoms with Gasteiger partial charge in [0.05, 0.1) is 0 Å². The maximum absolute atomic E-state index is 4.40. The highest BCUT2D eigenvalue weighted by atomic mass is 15.0. The number of rotatable bonds is 5. The number of hydrogen-bond acceptors (Lipinski definition) is 1. The quantitative estimate of drug-likeness (QED) is 0.791. The van der Waals surface area contributed by atoms with Crippen molar-refractivity contribution in [2.24, 2.45) is 4.99 Å². The second kappa shape index (κ2) is 6.55. The van der Waals surface area contributed by atoms with Crippen LogP contribution in [-0.2, 0) is 6.42 Å². The Hall–Kier alpha value is -2.35. The van der Waals surface area contributed by atoms with E-state index in [0.717, 1.165) is 29.8 Å². The van der Waals surface area contributed by atoms with Gasteiger partial charge in [-0.1, -0.05) is 49.6 Å². The number of amidine groups is 1. The zero-order chi connectivity index (χ0) is 13.5. The van der Waals surface area contributed by atoms with E-state index in [9.17, 15) is 0 Å². The van der Waals surface area contributed by atoms with E-state index in [2.05, 4.69) is 47.7 Å². The molecule has 0 bridgehead atoms. The van der Waals surface area contributed by atoms with Crippen LogP contribution in [0.4, 0.5) is 0 Å². The van der Waals surface area contributed by atoms with Gasteiger partial charge in [-0.05, 0) is 30.1 Å². The van der Waals surface area contributed by atoms with Crippen LogP contribution in [0.15, 0.2) is 84.2 Å². The van der Waals surface area contributed by atoms with Gasteiger partial charge in [-0.2, -0.15) is 0 Å². The molecular weight excluding hydrogens is 232 g/mol. The molecule has 0 amide bonds. The number of nitrogens with one attached hydrogen (secondary N) is 1. The maximum Gasteiger partial charge on any atom is 0.136 e. The van der Waals surface area contributed by atoms with Gasteiger partial charge in [-0.3, -0.25) is 0 Å². The molecule has 2 heteroatoms. The minimum Gasteiger partial charge on any atom is -0.346 e. The summed E-state index contributed by atoms with van der Waals surface area (Å²) in [6.07, 6.45) is 9.39. The fourth-order valence-electron chi connectivity index (χ4n) is 1.81. The molecule has 0 radical (unpaired) electrons. The van der Waals surface area contributed by atoms with Crippen molar-refractivity contribution in [1.82, 2.24) is 5.32 Å². The van der Waals surface area contributed by atoms with Gasteiger partial charge in [0, 0.05) is 18.0 Å². The third kappa shape index (κ3) is 3.81. The molecule has 1 aliphatic heterocycles. The molecule has 19 heavy (non-hydrogen) atoms. The van der Waals surface area contributed by atoms with Crippen LogP contribution in [0.25, 0.3) is 0 Å². The molecule has 0 unspecified atom stereocenters. The summed E-state index contributed by atoms with van der Waals surface area (Å²) in [5.74, 6) is 0.805. The van der Waals surface area contributed by atoms with Crippen molar-refractivity contribution in [2.75, 3.05) is 0 Å². The molecule has 96 valence electrons. The first-order valence-corrected chi connectivity index (χ1v) is 6.35. The van der Waals surface area contributed by atoms with Crippen LogP contribution in [0.2, 0.25) is 0 Å². The predicted octanol–water partition coefficient (Wildman–Crippen LogP) is 3.76. The van der Waals surface area contributed by atoms with Gasteiger partial charge in [0.25, 0.3) is 0 Å². The summed E-state index contributed by atoms with van der Waals surface area (Å²) in [6.45, 7) is 7.74. The summed E-state index contributed by atoms with van der Waals surface area (Å²) in [4.78, 5) is 4.40. The number of nitrogens with zero attached hydrogens (tertiary/aromatic N) is 1. The van der Waals surface area contributed by atoms with E-state index in [4.69, 9.17) is 0 Å². The van der Waals surface area contributed by atoms with E-state index in [1.807, 2.05) is 30.6 Å². The van der Waals surface area contributed by atoms with Gasteiger partial charge in [-0.25, -0.2) is 4.99 Å². The van der Waals surface area contributed by atoms with Crippen molar-refractivity contribution in [1.29, 1.82) is 0 Å². The summed E-state index contributed by atoms with van der Waals surface area (Å²) >= 11 is 0. The van der Waals surface area contributed by atoms with Crippen molar-refractivity contribution < 1.29 is 0 Å². The van der Waals surface area contributed by atoms with Gasteiger partial charge in [-0.15, -0.1) is 0 Å². The summed E-state index contributed by atoms with van der Waals surface area (Å²) in [5.41, 5.74) is 3.36. The molecule has 1 heterocycles. The minimum absolute atomic E-state index is 0.805. The van der Waals surface area contributed by atoms with E-state index in [1.54, 1.807) is 0 Å². The van der Waals surface area contributed by atoms with Gasteiger partial charge < -0.3 is 5.32 Å². The Balaban J connectivity index is 1.97. The Kier molecular flexibility index (Phi) is 4.51. The molecule has 0 saturated carbocycles. The van der Waals surface area contributed by atoms with Crippen LogP contribution in [-0.4, -0.2) is 5.84 Å². The molecule has 0 saturated heterocycles. The van der Waals surface area contributed by atoms with E-state index < -0.39 is 0 Å². The van der Waals surface area contributed by atoms with Crippen molar-refractivity contribution in [3.63, 3.8) is 0 Å². The SMILES string of the molecule is C=C/C(=C\N=C1\NC=CC1=C)CCc1ccccc1. The lowest BCUT2D eigenvalue weighted by Crippen LogP contribution is -2.11. The highest BCUT2D eigenvalue weighted by Gasteiger charge is 2.04. The minimum atomic E-state index is 0.805. The van der Waals surface area contributed by atoms with Gasteiger partial charge >= 0.3 is 0 Å². The van der Waals surface area contributed by atoms with Crippen molar-refractivity contribution in [3.05, 3.63) is 84.8 Å². The largest absolute Gasteiger partial charge is 0.346 e. The van der Waals surface area contributed by atoms with Gasteiger partial charge in [0.1, 0.15) is 5.84 Å². The number of benzene rings is 1. The molecule has 0 aromatic heterocycles. The van der Waals surface area contributed by atoms with E-state index in [-0.39, 0.29) is 0 Å². The standard InChI is InChI=1S/C17H18N2/c1-3-15(9-10-16-7-5-4-6-8-16)13-19-17-14(2)11-12-18-17/h3-8,11-13H,1-2,9-10H2,(H,18,19)/b15-13+. The Bertz CT molecular complexity index is 548. The highest BCUT2D eigenvalue weighted by molar-refractivity contribution is 6.03. The second-order valence-electron chi connectivity index (χ2n) is 4.37. The summed E-state index contributed by atoms with van der Waals surface area (Å²) in [6, 6.07) is 10.4. The van der Waals surface area contributed by atoms with Crippen LogP contribution in [0.1, 0.15) is 12.0 Å². The smallest absolute Gasteiger partial charge is 0.136 e. The van der Waals surface area contributed by atoms with Crippen LogP contribution in [0.5, 0.6) is 0 Å². The maximum atomic E-state index is 4.40. The molecule has 1 aromatic rings. The molecular formula is C17H18N2. The number of allylic oxidation sites excluding steroid dienone is 2. The summed E-state index contributed by atoms with van der Waals surface area (Å²) < 4.78 is 0. The number of aliphatic imine (C=N–C) groups is 1. The summed E-state index contributed by atoms with van der Waals surface area (Å²) in [5, 5.41) is 3.05. The van der Waals surface area contributed by atoms with Crippen molar-refractivity contribution in [3.8, 4) is 0 Å². The Morgan fingerprint density at radius 3 is 2.68 bits per heavy atom. The lowest BCUT2D eigenvalue weighted by atomic mass is 10.1. The molecule has 0 spiro atoms. The third-order valence-corrected chi connectivity index (χ3v) is 2.98. The van der Waals surface area contributed by atoms with E-state index in [0.29, 0.717) is 0 Å². The molecule has 1 aromatic carbocycles. The molecule has 2 rings (SSSR count). The molecule has 0 fully saturated rings.